The van der Waals surface area contributed by atoms with Crippen molar-refractivity contribution in [1.29, 1.82) is 0 Å². The van der Waals surface area contributed by atoms with Crippen LogP contribution in [0, 0.1) is 6.92 Å². The van der Waals surface area contributed by atoms with Crippen molar-refractivity contribution >= 4 is 15.5 Å². The van der Waals surface area contributed by atoms with E-state index in [0.29, 0.717) is 34.0 Å². The predicted molar refractivity (Wildman–Crippen MR) is 103 cm³/mol. The molecule has 0 bridgehead atoms. The Morgan fingerprint density at radius 1 is 1.04 bits per heavy atom. The highest BCUT2D eigenvalue weighted by molar-refractivity contribution is 7.90. The van der Waals surface area contributed by atoms with Crippen LogP contribution >= 0.6 is 0 Å². The molecule has 142 valence electrons. The van der Waals surface area contributed by atoms with Crippen LogP contribution < -0.4 is 0 Å². The lowest BCUT2D eigenvalue weighted by Gasteiger charge is -2.07. The number of aryl methyl sites for hydroxylation is 1. The van der Waals surface area contributed by atoms with E-state index in [1.165, 1.54) is 6.20 Å². The molecule has 0 aliphatic carbocycles. The minimum atomic E-state index is -3.57. The van der Waals surface area contributed by atoms with Gasteiger partial charge in [0.25, 0.3) is 0 Å². The number of hydrogen-bond donors (Lipinski definition) is 1. The molecule has 0 amide bonds. The van der Waals surface area contributed by atoms with Crippen LogP contribution in [-0.4, -0.2) is 44.1 Å². The van der Waals surface area contributed by atoms with Gasteiger partial charge >= 0.3 is 0 Å². The molecule has 0 aliphatic heterocycles. The van der Waals surface area contributed by atoms with Gasteiger partial charge in [-0.3, -0.25) is 9.38 Å². The van der Waals surface area contributed by atoms with E-state index < -0.39 is 9.84 Å². The largest absolute Gasteiger partial charge is 0.392 e. The minimum Gasteiger partial charge on any atom is -0.392 e. The van der Waals surface area contributed by atoms with Crippen molar-refractivity contribution in [1.82, 2.24) is 24.3 Å². The average Bonchev–Trinajstić information content (AvgIpc) is 3.06. The van der Waals surface area contributed by atoms with Crippen LogP contribution in [-0.2, 0) is 16.4 Å². The lowest BCUT2D eigenvalue weighted by molar-refractivity contribution is 0.281. The molecule has 9 heteroatoms. The molecule has 4 aromatic rings. The summed E-state index contributed by atoms with van der Waals surface area (Å²) < 4.78 is 25.6. The van der Waals surface area contributed by atoms with Crippen LogP contribution in [0.15, 0.2) is 53.9 Å². The molecule has 4 rings (SSSR count). The maximum atomic E-state index is 11.9. The minimum absolute atomic E-state index is 0.135. The quantitative estimate of drug-likeness (QED) is 0.527. The van der Waals surface area contributed by atoms with E-state index in [1.807, 2.05) is 25.1 Å². The average molecular weight is 395 g/mol. The van der Waals surface area contributed by atoms with Gasteiger partial charge in [-0.25, -0.2) is 23.4 Å². The second-order valence-electron chi connectivity index (χ2n) is 6.39. The van der Waals surface area contributed by atoms with Gasteiger partial charge in [0.05, 0.1) is 18.0 Å². The molecule has 8 nitrogen and oxygen atoms in total. The fraction of sp³-hybridized carbons (Fsp3) is 0.158. The van der Waals surface area contributed by atoms with Gasteiger partial charge in [0.2, 0.25) is 15.0 Å². The molecule has 0 saturated heterocycles. The summed E-state index contributed by atoms with van der Waals surface area (Å²) in [5, 5.41) is 9.26. The predicted octanol–water partition coefficient (Wildman–Crippen LogP) is 2.06. The zero-order valence-electron chi connectivity index (χ0n) is 15.2. The first-order chi connectivity index (χ1) is 13.4. The molecule has 0 fully saturated rings. The van der Waals surface area contributed by atoms with Crippen LogP contribution in [0.25, 0.3) is 28.4 Å². The summed E-state index contributed by atoms with van der Waals surface area (Å²) in [5.41, 5.74) is 4.33. The molecule has 1 N–H and O–H groups in total. The molecular weight excluding hydrogens is 378 g/mol. The lowest BCUT2D eigenvalue weighted by Crippen LogP contribution is -2.05. The van der Waals surface area contributed by atoms with Crippen molar-refractivity contribution in [3.05, 3.63) is 60.0 Å². The zero-order valence-corrected chi connectivity index (χ0v) is 16.1. The number of sulfone groups is 1. The lowest BCUT2D eigenvalue weighted by atomic mass is 10.1. The van der Waals surface area contributed by atoms with Gasteiger partial charge in [0.15, 0.2) is 0 Å². The second-order valence-corrected chi connectivity index (χ2v) is 8.30. The molecule has 0 aliphatic rings. The highest BCUT2D eigenvalue weighted by atomic mass is 32.2. The van der Waals surface area contributed by atoms with Gasteiger partial charge in [-0.2, -0.15) is 0 Å². The van der Waals surface area contributed by atoms with Gasteiger partial charge in [-0.1, -0.05) is 12.1 Å². The van der Waals surface area contributed by atoms with Gasteiger partial charge in [-0.15, -0.1) is 0 Å². The van der Waals surface area contributed by atoms with Crippen molar-refractivity contribution in [2.45, 2.75) is 18.7 Å². The van der Waals surface area contributed by atoms with Crippen LogP contribution in [0.2, 0.25) is 0 Å². The fourth-order valence-electron chi connectivity index (χ4n) is 2.93. The van der Waals surface area contributed by atoms with E-state index in [4.69, 9.17) is 0 Å². The summed E-state index contributed by atoms with van der Waals surface area (Å²) in [6.07, 6.45) is 4.22. The molecule has 0 unspecified atom stereocenters. The van der Waals surface area contributed by atoms with E-state index >= 15 is 0 Å². The molecular formula is C19H17N5O3S. The Bertz CT molecular complexity index is 1300. The van der Waals surface area contributed by atoms with Crippen molar-refractivity contribution in [3.8, 4) is 22.8 Å². The first-order valence-corrected chi connectivity index (χ1v) is 10.4. The third-order valence-corrected chi connectivity index (χ3v) is 5.06. The van der Waals surface area contributed by atoms with E-state index in [1.54, 1.807) is 28.8 Å². The maximum Gasteiger partial charge on any atom is 0.247 e. The van der Waals surface area contributed by atoms with E-state index in [0.717, 1.165) is 11.9 Å². The summed E-state index contributed by atoms with van der Waals surface area (Å²) in [6, 6.07) is 10.8. The molecule has 4 aromatic heterocycles. The number of rotatable bonds is 4. The van der Waals surface area contributed by atoms with E-state index in [-0.39, 0.29) is 11.8 Å². The summed E-state index contributed by atoms with van der Waals surface area (Å²) >= 11 is 0. The number of pyridine rings is 2. The van der Waals surface area contributed by atoms with Crippen molar-refractivity contribution in [3.63, 3.8) is 0 Å². The van der Waals surface area contributed by atoms with E-state index in [2.05, 4.69) is 19.9 Å². The van der Waals surface area contributed by atoms with E-state index in [9.17, 15) is 13.5 Å². The Morgan fingerprint density at radius 2 is 1.86 bits per heavy atom. The Kier molecular flexibility index (Phi) is 4.40. The smallest absolute Gasteiger partial charge is 0.247 e. The SMILES string of the molecule is Cc1cccc(-c2nc3ccc(CO)cn3c2-c2ccnc(S(C)(=O)=O)n2)n1. The Hall–Kier alpha value is -3.17. The van der Waals surface area contributed by atoms with Crippen molar-refractivity contribution in [2.24, 2.45) is 0 Å². The summed E-state index contributed by atoms with van der Waals surface area (Å²) in [4.78, 5) is 17.3. The standard InChI is InChI=1S/C19H17N5O3S/c1-12-4-3-5-14(21-12)17-18(15-8-9-20-19(22-15)28(2,26)27)24-10-13(11-25)6-7-16(24)23-17/h3-10,25H,11H2,1-2H3. The topological polar surface area (TPSA) is 110 Å². The molecule has 0 atom stereocenters. The molecule has 0 aromatic carbocycles. The number of nitrogens with zero attached hydrogens (tertiary/aromatic N) is 5. The summed E-state index contributed by atoms with van der Waals surface area (Å²) in [5.74, 6) is 0. The second kappa shape index (κ2) is 6.77. The van der Waals surface area contributed by atoms with Crippen molar-refractivity contribution < 1.29 is 13.5 Å². The number of fused-ring (bicyclic) bond motifs is 1. The molecule has 0 saturated carbocycles. The fourth-order valence-corrected chi connectivity index (χ4v) is 3.45. The molecule has 0 radical (unpaired) electrons. The highest BCUT2D eigenvalue weighted by Crippen LogP contribution is 2.31. The molecule has 28 heavy (non-hydrogen) atoms. The van der Waals surface area contributed by atoms with Crippen LogP contribution in [0.4, 0.5) is 0 Å². The normalized spacial score (nSPS) is 11.8. The molecule has 0 spiro atoms. The van der Waals surface area contributed by atoms with Gasteiger partial charge < -0.3 is 5.11 Å². The Morgan fingerprint density at radius 3 is 2.57 bits per heavy atom. The van der Waals surface area contributed by atoms with Crippen LogP contribution in [0.3, 0.4) is 0 Å². The van der Waals surface area contributed by atoms with Crippen molar-refractivity contribution in [2.75, 3.05) is 6.26 Å². The summed E-state index contributed by atoms with van der Waals surface area (Å²) in [7, 11) is -3.57. The Labute approximate surface area is 161 Å². The number of hydrogen-bond acceptors (Lipinski definition) is 7. The number of imidazole rings is 1. The number of aliphatic hydroxyl groups excluding tert-OH is 1. The monoisotopic (exact) mass is 395 g/mol. The number of aromatic nitrogens is 5. The van der Waals surface area contributed by atoms with Crippen LogP contribution in [0.5, 0.6) is 0 Å². The summed E-state index contributed by atoms with van der Waals surface area (Å²) in [6.45, 7) is 1.75. The van der Waals surface area contributed by atoms with Crippen LogP contribution in [0.1, 0.15) is 11.3 Å². The zero-order chi connectivity index (χ0) is 19.9. The number of aliphatic hydroxyl groups is 1. The first-order valence-electron chi connectivity index (χ1n) is 8.46. The maximum absolute atomic E-state index is 11.9. The third kappa shape index (κ3) is 3.25. The van der Waals surface area contributed by atoms with Gasteiger partial charge in [0, 0.05) is 24.3 Å². The first kappa shape index (κ1) is 18.2. The van der Waals surface area contributed by atoms with Gasteiger partial charge in [0.1, 0.15) is 17.0 Å². The molecule has 4 heterocycles. The Balaban J connectivity index is 2.06. The third-order valence-electron chi connectivity index (χ3n) is 4.20. The van der Waals surface area contributed by atoms with Gasteiger partial charge in [-0.05, 0) is 36.8 Å². The highest BCUT2D eigenvalue weighted by Gasteiger charge is 2.20.